The van der Waals surface area contributed by atoms with Gasteiger partial charge in [0.05, 0.1) is 11.9 Å². The van der Waals surface area contributed by atoms with E-state index in [0.29, 0.717) is 18.5 Å². The van der Waals surface area contributed by atoms with Crippen LogP contribution in [0.4, 0.5) is 10.5 Å². The summed E-state index contributed by atoms with van der Waals surface area (Å²) >= 11 is 0. The molecule has 1 spiro atoms. The molecule has 0 atom stereocenters. The fraction of sp³-hybridized carbons (Fsp3) is 0.333. The minimum absolute atomic E-state index is 0.429. The fourth-order valence-electron chi connectivity index (χ4n) is 2.15. The van der Waals surface area contributed by atoms with E-state index in [-0.39, 0.29) is 0 Å². The second kappa shape index (κ2) is 3.38. The van der Waals surface area contributed by atoms with Crippen LogP contribution in [0.1, 0.15) is 18.4 Å². The first-order valence-corrected chi connectivity index (χ1v) is 5.67. The number of urea groups is 1. The third-order valence-electron chi connectivity index (χ3n) is 3.47. The number of pyridine rings is 1. The number of aryl methyl sites for hydroxylation is 1. The van der Waals surface area contributed by atoms with E-state index in [1.807, 2.05) is 0 Å². The lowest BCUT2D eigenvalue weighted by molar-refractivity contribution is -0.136. The first kappa shape index (κ1) is 10.9. The molecule has 3 rings (SSSR count). The van der Waals surface area contributed by atoms with Gasteiger partial charge in [0.25, 0.3) is 5.91 Å². The summed E-state index contributed by atoms with van der Waals surface area (Å²) in [5.74, 6) is -0.914. The zero-order chi connectivity index (χ0) is 12.9. The Morgan fingerprint density at radius 1 is 1.33 bits per heavy atom. The lowest BCUT2D eigenvalue weighted by Gasteiger charge is -2.30. The smallest absolute Gasteiger partial charge is 0.276 e. The Bertz CT molecular complexity index is 578. The predicted octanol–water partition coefficient (Wildman–Crippen LogP) is 0.753. The molecule has 1 aromatic rings. The maximum Gasteiger partial charge on any atom is 0.335 e. The quantitative estimate of drug-likeness (QED) is 0.740. The maximum atomic E-state index is 12.3. The number of nitrogens with zero attached hydrogens (tertiary/aromatic N) is 2. The molecule has 1 saturated heterocycles. The number of amides is 4. The molecule has 1 aromatic heterocycles. The molecule has 2 fully saturated rings. The van der Waals surface area contributed by atoms with Gasteiger partial charge in [0, 0.05) is 6.20 Å². The molecule has 2 heterocycles. The Morgan fingerprint density at radius 3 is 2.67 bits per heavy atom. The van der Waals surface area contributed by atoms with Crippen LogP contribution >= 0.6 is 0 Å². The molecule has 1 saturated carbocycles. The highest BCUT2D eigenvalue weighted by atomic mass is 16.2. The molecule has 6 heteroatoms. The first-order chi connectivity index (χ1) is 8.56. The molecule has 0 unspecified atom stereocenters. The van der Waals surface area contributed by atoms with Crippen LogP contribution in [0, 0.1) is 12.3 Å². The molecule has 18 heavy (non-hydrogen) atoms. The topological polar surface area (TPSA) is 79.4 Å². The SMILES string of the molecule is Cc1ccncc1N1C(=O)NC(=O)C2(CC2)C1=O. The molecule has 6 nitrogen and oxygen atoms in total. The van der Waals surface area contributed by atoms with Crippen LogP contribution in [0.25, 0.3) is 0 Å². The predicted molar refractivity (Wildman–Crippen MR) is 61.7 cm³/mol. The normalized spacial score (nSPS) is 21.2. The van der Waals surface area contributed by atoms with E-state index in [1.165, 1.54) is 6.20 Å². The van der Waals surface area contributed by atoms with Crippen molar-refractivity contribution >= 4 is 23.5 Å². The van der Waals surface area contributed by atoms with Crippen LogP contribution in [0.15, 0.2) is 18.5 Å². The Kier molecular flexibility index (Phi) is 2.04. The number of hydrogen-bond donors (Lipinski definition) is 1. The number of carbonyl (C=O) groups excluding carboxylic acids is 3. The van der Waals surface area contributed by atoms with Gasteiger partial charge in [0.1, 0.15) is 5.41 Å². The van der Waals surface area contributed by atoms with Gasteiger partial charge < -0.3 is 0 Å². The third kappa shape index (κ3) is 1.28. The summed E-state index contributed by atoms with van der Waals surface area (Å²) in [6.07, 6.45) is 4.05. The highest BCUT2D eigenvalue weighted by molar-refractivity contribution is 6.31. The van der Waals surface area contributed by atoms with E-state index >= 15 is 0 Å². The van der Waals surface area contributed by atoms with Gasteiger partial charge in [-0.15, -0.1) is 0 Å². The Labute approximate surface area is 103 Å². The fourth-order valence-corrected chi connectivity index (χ4v) is 2.15. The molecule has 0 aromatic carbocycles. The summed E-state index contributed by atoms with van der Waals surface area (Å²) in [6.45, 7) is 1.79. The number of rotatable bonds is 1. The highest BCUT2D eigenvalue weighted by Crippen LogP contribution is 2.49. The molecule has 0 bridgehead atoms. The number of hydrogen-bond acceptors (Lipinski definition) is 4. The van der Waals surface area contributed by atoms with Crippen LogP contribution in [0.5, 0.6) is 0 Å². The first-order valence-electron chi connectivity index (χ1n) is 5.67. The van der Waals surface area contributed by atoms with E-state index in [9.17, 15) is 14.4 Å². The van der Waals surface area contributed by atoms with Crippen molar-refractivity contribution in [3.8, 4) is 0 Å². The molecule has 1 N–H and O–H groups in total. The number of carbonyl (C=O) groups is 3. The second-order valence-corrected chi connectivity index (χ2v) is 4.64. The molecule has 92 valence electrons. The van der Waals surface area contributed by atoms with Gasteiger partial charge in [0.2, 0.25) is 5.91 Å². The van der Waals surface area contributed by atoms with Gasteiger partial charge in [-0.25, -0.2) is 9.69 Å². The summed E-state index contributed by atoms with van der Waals surface area (Å²) < 4.78 is 0. The van der Waals surface area contributed by atoms with E-state index in [4.69, 9.17) is 0 Å². The van der Waals surface area contributed by atoms with Crippen molar-refractivity contribution in [2.75, 3.05) is 4.90 Å². The van der Waals surface area contributed by atoms with Crippen LogP contribution in [0.2, 0.25) is 0 Å². The Morgan fingerprint density at radius 2 is 2.06 bits per heavy atom. The molecule has 4 amide bonds. The zero-order valence-corrected chi connectivity index (χ0v) is 9.77. The summed E-state index contributed by atoms with van der Waals surface area (Å²) in [6, 6.07) is 1.02. The number of aromatic nitrogens is 1. The summed E-state index contributed by atoms with van der Waals surface area (Å²) in [4.78, 5) is 40.7. The van der Waals surface area contributed by atoms with E-state index in [0.717, 1.165) is 10.5 Å². The summed E-state index contributed by atoms with van der Waals surface area (Å²) in [5, 5.41) is 2.24. The van der Waals surface area contributed by atoms with E-state index < -0.39 is 23.3 Å². The van der Waals surface area contributed by atoms with Gasteiger partial charge in [0.15, 0.2) is 0 Å². The summed E-state index contributed by atoms with van der Waals surface area (Å²) in [5.41, 5.74) is 0.174. The maximum absolute atomic E-state index is 12.3. The summed E-state index contributed by atoms with van der Waals surface area (Å²) in [7, 11) is 0. The van der Waals surface area contributed by atoms with Crippen LogP contribution in [-0.4, -0.2) is 22.8 Å². The van der Waals surface area contributed by atoms with Crippen molar-refractivity contribution in [2.45, 2.75) is 19.8 Å². The molecule has 1 aliphatic carbocycles. The molecule has 0 radical (unpaired) electrons. The zero-order valence-electron chi connectivity index (χ0n) is 9.77. The van der Waals surface area contributed by atoms with E-state index in [2.05, 4.69) is 10.3 Å². The van der Waals surface area contributed by atoms with E-state index in [1.54, 1.807) is 19.2 Å². The van der Waals surface area contributed by atoms with Crippen molar-refractivity contribution in [1.82, 2.24) is 10.3 Å². The molecule has 1 aliphatic heterocycles. The van der Waals surface area contributed by atoms with Crippen molar-refractivity contribution < 1.29 is 14.4 Å². The average Bonchev–Trinajstić information content (AvgIpc) is 3.11. The average molecular weight is 245 g/mol. The molecular weight excluding hydrogens is 234 g/mol. The Balaban J connectivity index is 2.06. The largest absolute Gasteiger partial charge is 0.335 e. The number of nitrogens with one attached hydrogen (secondary N) is 1. The lowest BCUT2D eigenvalue weighted by atomic mass is 10.0. The van der Waals surface area contributed by atoms with Gasteiger partial charge in [-0.2, -0.15) is 0 Å². The van der Waals surface area contributed by atoms with Gasteiger partial charge in [-0.1, -0.05) is 0 Å². The number of barbiturate groups is 1. The second-order valence-electron chi connectivity index (χ2n) is 4.64. The van der Waals surface area contributed by atoms with Crippen molar-refractivity contribution in [3.05, 3.63) is 24.0 Å². The van der Waals surface area contributed by atoms with Crippen LogP contribution < -0.4 is 10.2 Å². The van der Waals surface area contributed by atoms with Crippen molar-refractivity contribution in [2.24, 2.45) is 5.41 Å². The number of imide groups is 2. The van der Waals surface area contributed by atoms with Crippen molar-refractivity contribution in [1.29, 1.82) is 0 Å². The van der Waals surface area contributed by atoms with Gasteiger partial charge in [-0.3, -0.25) is 19.9 Å². The van der Waals surface area contributed by atoms with Gasteiger partial charge in [-0.05, 0) is 31.4 Å². The number of anilines is 1. The standard InChI is InChI=1S/C12H11N3O3/c1-7-2-5-13-6-8(7)15-10(17)12(3-4-12)9(16)14-11(15)18/h2,5-6H,3-4H2,1H3,(H,14,16,18). The minimum Gasteiger partial charge on any atom is -0.276 e. The van der Waals surface area contributed by atoms with Gasteiger partial charge >= 0.3 is 6.03 Å². The van der Waals surface area contributed by atoms with Crippen LogP contribution in [0.3, 0.4) is 0 Å². The lowest BCUT2D eigenvalue weighted by Crippen LogP contribution is -2.59. The monoisotopic (exact) mass is 245 g/mol. The Hall–Kier alpha value is -2.24. The van der Waals surface area contributed by atoms with Crippen molar-refractivity contribution in [3.63, 3.8) is 0 Å². The third-order valence-corrected chi connectivity index (χ3v) is 3.47. The molecular formula is C12H11N3O3. The highest BCUT2D eigenvalue weighted by Gasteiger charge is 2.62. The van der Waals surface area contributed by atoms with Crippen LogP contribution in [-0.2, 0) is 9.59 Å². The minimum atomic E-state index is -1.02. The molecule has 2 aliphatic rings.